The number of methoxy groups -OCH3 is 2. The van der Waals surface area contributed by atoms with Crippen molar-refractivity contribution in [2.45, 2.75) is 61.5 Å². The van der Waals surface area contributed by atoms with Gasteiger partial charge in [0.2, 0.25) is 0 Å². The number of rotatable bonds is 3. The lowest BCUT2D eigenvalue weighted by Gasteiger charge is -2.30. The van der Waals surface area contributed by atoms with Gasteiger partial charge in [-0.15, -0.1) is 0 Å². The molecule has 0 bridgehead atoms. The van der Waals surface area contributed by atoms with Crippen molar-refractivity contribution >= 4 is 0 Å². The quantitative estimate of drug-likeness (QED) is 0.673. The van der Waals surface area contributed by atoms with E-state index >= 15 is 0 Å². The Morgan fingerprint density at radius 1 is 0.941 bits per heavy atom. The third kappa shape index (κ3) is 7.43. The van der Waals surface area contributed by atoms with Crippen LogP contribution in [0.4, 0.5) is 0 Å². The summed E-state index contributed by atoms with van der Waals surface area (Å²) in [4.78, 5) is 0. The summed E-state index contributed by atoms with van der Waals surface area (Å²) < 4.78 is 10.9. The lowest BCUT2D eigenvalue weighted by molar-refractivity contribution is 0.0474. The molecule has 0 spiro atoms. The Bertz CT molecular complexity index is 216. The minimum atomic E-state index is 0.0246. The zero-order valence-corrected chi connectivity index (χ0v) is 13.5. The average molecular weight is 244 g/mol. The summed E-state index contributed by atoms with van der Waals surface area (Å²) in [6.45, 7) is 16.9. The largest absolute Gasteiger partial charge is 0.501 e. The summed E-state index contributed by atoms with van der Waals surface area (Å²) in [6, 6.07) is 0. The molecular weight excluding hydrogens is 212 g/mol. The van der Waals surface area contributed by atoms with Crippen LogP contribution in [0, 0.1) is 10.8 Å². The smallest absolute Gasteiger partial charge is 0.0994 e. The van der Waals surface area contributed by atoms with Gasteiger partial charge in [0.1, 0.15) is 0 Å². The van der Waals surface area contributed by atoms with Gasteiger partial charge in [-0.25, -0.2) is 0 Å². The molecule has 0 aliphatic carbocycles. The summed E-state index contributed by atoms with van der Waals surface area (Å²) in [5.74, 6) is 0.976. The molecule has 0 radical (unpaired) electrons. The second-order valence-corrected chi connectivity index (χ2v) is 6.01. The first-order valence-corrected chi connectivity index (χ1v) is 6.42. The fraction of sp³-hybridized carbons (Fsp3) is 0.867. The zero-order chi connectivity index (χ0) is 14.3. The fourth-order valence-electron chi connectivity index (χ4n) is 1.43. The topological polar surface area (TPSA) is 18.5 Å². The standard InChI is InChI=1S/C13H26O2.C2H6/c1-12(2,3)10(14-7)9-11(15-8)13(4,5)6;1-2/h9-10H,1-8H3;1-2H3/b11-9-;. The highest BCUT2D eigenvalue weighted by molar-refractivity contribution is 5.08. The zero-order valence-electron chi connectivity index (χ0n) is 13.5. The van der Waals surface area contributed by atoms with E-state index in [0.717, 1.165) is 5.76 Å². The molecule has 0 aliphatic rings. The molecular formula is C15H32O2. The summed E-state index contributed by atoms with van der Waals surface area (Å²) in [5, 5.41) is 0. The van der Waals surface area contributed by atoms with E-state index in [9.17, 15) is 0 Å². The van der Waals surface area contributed by atoms with Crippen molar-refractivity contribution in [3.05, 3.63) is 11.8 Å². The molecule has 1 atom stereocenters. The second-order valence-electron chi connectivity index (χ2n) is 6.01. The van der Waals surface area contributed by atoms with Crippen LogP contribution in [-0.2, 0) is 9.47 Å². The minimum Gasteiger partial charge on any atom is -0.501 e. The maximum Gasteiger partial charge on any atom is 0.0994 e. The Morgan fingerprint density at radius 3 is 1.53 bits per heavy atom. The van der Waals surface area contributed by atoms with Crippen molar-refractivity contribution in [3.63, 3.8) is 0 Å². The third-order valence-electron chi connectivity index (χ3n) is 2.37. The van der Waals surface area contributed by atoms with Crippen molar-refractivity contribution in [3.8, 4) is 0 Å². The minimum absolute atomic E-state index is 0.0246. The van der Waals surface area contributed by atoms with Gasteiger partial charge in [0.15, 0.2) is 0 Å². The number of allylic oxidation sites excluding steroid dienone is 1. The highest BCUT2D eigenvalue weighted by Gasteiger charge is 2.26. The second kappa shape index (κ2) is 7.75. The molecule has 0 fully saturated rings. The Labute approximate surface area is 108 Å². The first-order valence-electron chi connectivity index (χ1n) is 6.42. The Kier molecular flexibility index (Phi) is 8.60. The fourth-order valence-corrected chi connectivity index (χ4v) is 1.43. The molecule has 17 heavy (non-hydrogen) atoms. The maximum absolute atomic E-state index is 5.49. The van der Waals surface area contributed by atoms with Crippen molar-refractivity contribution in [1.29, 1.82) is 0 Å². The predicted octanol–water partition coefficient (Wildman–Crippen LogP) is 4.65. The van der Waals surface area contributed by atoms with Crippen LogP contribution in [0.15, 0.2) is 11.8 Å². The van der Waals surface area contributed by atoms with Crippen LogP contribution < -0.4 is 0 Å². The Hall–Kier alpha value is -0.500. The summed E-state index contributed by atoms with van der Waals surface area (Å²) in [7, 11) is 3.45. The molecule has 0 rings (SSSR count). The normalized spacial score (nSPS) is 14.8. The molecule has 0 saturated carbocycles. The van der Waals surface area contributed by atoms with Crippen LogP contribution in [0.3, 0.4) is 0 Å². The van der Waals surface area contributed by atoms with Crippen LogP contribution in [0.5, 0.6) is 0 Å². The number of hydrogen-bond acceptors (Lipinski definition) is 2. The predicted molar refractivity (Wildman–Crippen MR) is 76.1 cm³/mol. The van der Waals surface area contributed by atoms with Gasteiger partial charge in [-0.3, -0.25) is 0 Å². The van der Waals surface area contributed by atoms with E-state index in [1.54, 1.807) is 14.2 Å². The molecule has 0 amide bonds. The summed E-state index contributed by atoms with van der Waals surface area (Å²) in [5.41, 5.74) is 0.112. The number of ether oxygens (including phenoxy) is 2. The van der Waals surface area contributed by atoms with E-state index in [1.807, 2.05) is 13.8 Å². The molecule has 0 heterocycles. The van der Waals surface area contributed by atoms with Gasteiger partial charge in [0.05, 0.1) is 19.0 Å². The first kappa shape index (κ1) is 18.9. The maximum atomic E-state index is 5.49. The van der Waals surface area contributed by atoms with E-state index in [1.165, 1.54) is 0 Å². The van der Waals surface area contributed by atoms with Crippen LogP contribution in [0.1, 0.15) is 55.4 Å². The molecule has 1 unspecified atom stereocenters. The Morgan fingerprint density at radius 2 is 1.35 bits per heavy atom. The van der Waals surface area contributed by atoms with Crippen molar-refractivity contribution in [1.82, 2.24) is 0 Å². The summed E-state index contributed by atoms with van der Waals surface area (Å²) in [6.07, 6.45) is 2.16. The van der Waals surface area contributed by atoms with E-state index in [0.29, 0.717) is 0 Å². The van der Waals surface area contributed by atoms with Crippen LogP contribution in [-0.4, -0.2) is 20.3 Å². The highest BCUT2D eigenvalue weighted by atomic mass is 16.5. The Balaban J connectivity index is 0. The molecule has 0 N–H and O–H groups in total. The molecule has 104 valence electrons. The van der Waals surface area contributed by atoms with Crippen LogP contribution >= 0.6 is 0 Å². The monoisotopic (exact) mass is 244 g/mol. The summed E-state index contributed by atoms with van der Waals surface area (Å²) >= 11 is 0. The van der Waals surface area contributed by atoms with E-state index in [2.05, 4.69) is 47.6 Å². The van der Waals surface area contributed by atoms with E-state index in [4.69, 9.17) is 9.47 Å². The van der Waals surface area contributed by atoms with E-state index in [-0.39, 0.29) is 16.9 Å². The van der Waals surface area contributed by atoms with Gasteiger partial charge in [-0.1, -0.05) is 55.4 Å². The molecule has 0 aliphatic heterocycles. The molecule has 0 saturated heterocycles. The van der Waals surface area contributed by atoms with Crippen molar-refractivity contribution < 1.29 is 9.47 Å². The van der Waals surface area contributed by atoms with Crippen LogP contribution in [0.25, 0.3) is 0 Å². The van der Waals surface area contributed by atoms with Crippen molar-refractivity contribution in [2.24, 2.45) is 10.8 Å². The molecule has 2 heteroatoms. The van der Waals surface area contributed by atoms with Gasteiger partial charge >= 0.3 is 0 Å². The van der Waals surface area contributed by atoms with Crippen molar-refractivity contribution in [2.75, 3.05) is 14.2 Å². The SMILES string of the molecule is CC.CO/C(=C\C(OC)C(C)(C)C)C(C)(C)C. The highest BCUT2D eigenvalue weighted by Crippen LogP contribution is 2.30. The van der Waals surface area contributed by atoms with Crippen LogP contribution in [0.2, 0.25) is 0 Å². The molecule has 0 aromatic carbocycles. The number of hydrogen-bond donors (Lipinski definition) is 0. The lowest BCUT2D eigenvalue weighted by atomic mass is 9.85. The van der Waals surface area contributed by atoms with Gasteiger partial charge in [-0.2, -0.15) is 0 Å². The third-order valence-corrected chi connectivity index (χ3v) is 2.37. The van der Waals surface area contributed by atoms with Gasteiger partial charge in [-0.05, 0) is 11.5 Å². The molecule has 0 aromatic rings. The first-order chi connectivity index (χ1) is 7.62. The lowest BCUT2D eigenvalue weighted by Crippen LogP contribution is -2.28. The molecule has 2 nitrogen and oxygen atoms in total. The van der Waals surface area contributed by atoms with Gasteiger partial charge < -0.3 is 9.47 Å². The average Bonchev–Trinajstić information content (AvgIpc) is 2.18. The van der Waals surface area contributed by atoms with Gasteiger partial charge in [0, 0.05) is 12.5 Å². The van der Waals surface area contributed by atoms with Gasteiger partial charge in [0.25, 0.3) is 0 Å². The molecule has 0 aromatic heterocycles. The van der Waals surface area contributed by atoms with E-state index < -0.39 is 0 Å².